The van der Waals surface area contributed by atoms with Crippen LogP contribution in [0.4, 0.5) is 4.79 Å². The molecule has 2 aliphatic rings. The van der Waals surface area contributed by atoms with Gasteiger partial charge in [-0.05, 0) is 73.9 Å². The number of aromatic nitrogens is 2. The Bertz CT molecular complexity index is 1320. The standard InChI is InChI=1S/C28H29N3O5/c1-18(2)31-25-22(17-29-31)15-28(16-24(25)32)10-12-30(13-11-28)26(33)20-8-6-19(7-9-20)21-4-3-5-23(14-21)36-27(34)35/h3-9,14,17-18H,10-13,15-16H2,1-2H3,(H,34,35). The number of ether oxygens (including phenoxy) is 1. The minimum absolute atomic E-state index is 0.0187. The molecule has 1 fully saturated rings. The minimum Gasteiger partial charge on any atom is -0.449 e. The molecule has 1 saturated heterocycles. The number of carboxylic acid groups (broad SMARTS) is 1. The van der Waals surface area contributed by atoms with Crippen molar-refractivity contribution in [1.82, 2.24) is 14.7 Å². The molecule has 1 amide bonds. The van der Waals surface area contributed by atoms with Gasteiger partial charge >= 0.3 is 6.16 Å². The van der Waals surface area contributed by atoms with E-state index in [2.05, 4.69) is 5.10 Å². The molecule has 0 radical (unpaired) electrons. The van der Waals surface area contributed by atoms with Gasteiger partial charge in [-0.3, -0.25) is 14.3 Å². The third kappa shape index (κ3) is 4.51. The summed E-state index contributed by atoms with van der Waals surface area (Å²) in [6, 6.07) is 14.3. The SMILES string of the molecule is CC(C)n1ncc2c1C(=O)CC1(CCN(C(=O)c3ccc(-c4cccc(OC(=O)O)c4)cc3)CC1)C2. The molecule has 1 aliphatic carbocycles. The lowest BCUT2D eigenvalue weighted by atomic mass is 9.67. The Hall–Kier alpha value is -3.94. The van der Waals surface area contributed by atoms with Crippen molar-refractivity contribution < 1.29 is 24.2 Å². The van der Waals surface area contributed by atoms with E-state index in [4.69, 9.17) is 9.84 Å². The van der Waals surface area contributed by atoms with Crippen LogP contribution in [0.2, 0.25) is 0 Å². The molecular formula is C28H29N3O5. The Labute approximate surface area is 209 Å². The summed E-state index contributed by atoms with van der Waals surface area (Å²) in [5.41, 5.74) is 3.96. The number of hydrogen-bond acceptors (Lipinski definition) is 5. The molecule has 1 aliphatic heterocycles. The number of likely N-dealkylation sites (tertiary alicyclic amines) is 1. The fourth-order valence-corrected chi connectivity index (χ4v) is 5.48. The van der Waals surface area contributed by atoms with E-state index in [1.165, 1.54) is 0 Å². The number of piperidine rings is 1. The zero-order chi connectivity index (χ0) is 25.4. The first-order chi connectivity index (χ1) is 17.2. The number of amides is 1. The third-order valence-electron chi connectivity index (χ3n) is 7.34. The van der Waals surface area contributed by atoms with E-state index < -0.39 is 6.16 Å². The summed E-state index contributed by atoms with van der Waals surface area (Å²) < 4.78 is 6.57. The molecule has 0 atom stereocenters. The average Bonchev–Trinajstić information content (AvgIpc) is 3.28. The second-order valence-corrected chi connectivity index (χ2v) is 10.1. The van der Waals surface area contributed by atoms with Gasteiger partial charge in [-0.2, -0.15) is 5.10 Å². The average molecular weight is 488 g/mol. The van der Waals surface area contributed by atoms with Crippen molar-refractivity contribution in [2.75, 3.05) is 13.1 Å². The summed E-state index contributed by atoms with van der Waals surface area (Å²) in [6.45, 7) is 5.31. The van der Waals surface area contributed by atoms with Crippen LogP contribution in [0.25, 0.3) is 11.1 Å². The van der Waals surface area contributed by atoms with Crippen LogP contribution < -0.4 is 4.74 Å². The summed E-state index contributed by atoms with van der Waals surface area (Å²) in [5, 5.41) is 13.3. The van der Waals surface area contributed by atoms with Gasteiger partial charge < -0.3 is 14.7 Å². The van der Waals surface area contributed by atoms with E-state index >= 15 is 0 Å². The zero-order valence-corrected chi connectivity index (χ0v) is 20.4. The van der Waals surface area contributed by atoms with Gasteiger partial charge in [-0.15, -0.1) is 0 Å². The number of fused-ring (bicyclic) bond motifs is 1. The van der Waals surface area contributed by atoms with Crippen LogP contribution in [0.1, 0.15) is 65.6 Å². The van der Waals surface area contributed by atoms with Crippen molar-refractivity contribution in [1.29, 1.82) is 0 Å². The summed E-state index contributed by atoms with van der Waals surface area (Å²) in [4.78, 5) is 38.9. The highest BCUT2D eigenvalue weighted by molar-refractivity contribution is 5.98. The number of Topliss-reactive ketones (excluding diaryl/α,β-unsaturated/α-hetero) is 1. The van der Waals surface area contributed by atoms with Crippen LogP contribution in [0.3, 0.4) is 0 Å². The molecule has 1 N–H and O–H groups in total. The van der Waals surface area contributed by atoms with Crippen molar-refractivity contribution in [2.45, 2.75) is 45.6 Å². The number of hydrogen-bond donors (Lipinski definition) is 1. The van der Waals surface area contributed by atoms with Crippen LogP contribution in [-0.4, -0.2) is 50.7 Å². The molecule has 3 aromatic rings. The second kappa shape index (κ2) is 9.26. The lowest BCUT2D eigenvalue weighted by molar-refractivity contribution is 0.0517. The molecule has 2 aromatic carbocycles. The maximum atomic E-state index is 13.2. The Morgan fingerprint density at radius 3 is 2.42 bits per heavy atom. The number of carbonyl (C=O) groups is 3. The molecule has 0 saturated carbocycles. The maximum Gasteiger partial charge on any atom is 0.511 e. The van der Waals surface area contributed by atoms with Crippen molar-refractivity contribution in [3.05, 3.63) is 71.5 Å². The maximum absolute atomic E-state index is 13.2. The van der Waals surface area contributed by atoms with Crippen LogP contribution in [0.15, 0.2) is 54.7 Å². The molecule has 36 heavy (non-hydrogen) atoms. The Morgan fingerprint density at radius 2 is 1.75 bits per heavy atom. The Morgan fingerprint density at radius 1 is 1.03 bits per heavy atom. The molecule has 2 heterocycles. The van der Waals surface area contributed by atoms with Crippen molar-refractivity contribution in [3.63, 3.8) is 0 Å². The lowest BCUT2D eigenvalue weighted by Crippen LogP contribution is -2.46. The van der Waals surface area contributed by atoms with Gasteiger partial charge in [0.25, 0.3) is 5.91 Å². The summed E-state index contributed by atoms with van der Waals surface area (Å²) >= 11 is 0. The van der Waals surface area contributed by atoms with E-state index in [1.54, 1.807) is 30.3 Å². The van der Waals surface area contributed by atoms with Crippen molar-refractivity contribution in [2.24, 2.45) is 5.41 Å². The smallest absolute Gasteiger partial charge is 0.449 e. The molecule has 1 spiro atoms. The monoisotopic (exact) mass is 487 g/mol. The molecular weight excluding hydrogens is 458 g/mol. The lowest BCUT2D eigenvalue weighted by Gasteiger charge is -2.43. The summed E-state index contributed by atoms with van der Waals surface area (Å²) in [5.74, 6) is 0.387. The molecule has 1 aromatic heterocycles. The topological polar surface area (TPSA) is 102 Å². The van der Waals surface area contributed by atoms with Crippen molar-refractivity contribution >= 4 is 17.8 Å². The zero-order valence-electron chi connectivity index (χ0n) is 20.4. The quantitative estimate of drug-likeness (QED) is 0.399. The van der Waals surface area contributed by atoms with Gasteiger partial charge in [0.05, 0.1) is 6.20 Å². The van der Waals surface area contributed by atoms with Crippen LogP contribution >= 0.6 is 0 Å². The highest BCUT2D eigenvalue weighted by Gasteiger charge is 2.43. The predicted molar refractivity (Wildman–Crippen MR) is 133 cm³/mol. The first kappa shape index (κ1) is 23.8. The molecule has 5 rings (SSSR count). The number of nitrogens with zero attached hydrogens (tertiary/aromatic N) is 3. The molecule has 0 bridgehead atoms. The summed E-state index contributed by atoms with van der Waals surface area (Å²) in [7, 11) is 0. The van der Waals surface area contributed by atoms with Crippen molar-refractivity contribution in [3.8, 4) is 16.9 Å². The first-order valence-corrected chi connectivity index (χ1v) is 12.2. The van der Waals surface area contributed by atoms with Gasteiger partial charge in [-0.25, -0.2) is 4.79 Å². The minimum atomic E-state index is -1.36. The van der Waals surface area contributed by atoms with E-state index in [0.29, 0.717) is 25.1 Å². The van der Waals surface area contributed by atoms with Crippen LogP contribution in [0, 0.1) is 5.41 Å². The normalized spacial score (nSPS) is 16.8. The third-order valence-corrected chi connectivity index (χ3v) is 7.34. The number of carbonyl (C=O) groups excluding carboxylic acids is 2. The van der Waals surface area contributed by atoms with E-state index in [-0.39, 0.29) is 28.9 Å². The highest BCUT2D eigenvalue weighted by Crippen LogP contribution is 2.44. The second-order valence-electron chi connectivity index (χ2n) is 10.1. The number of ketones is 1. The fourth-order valence-electron chi connectivity index (χ4n) is 5.48. The molecule has 8 heteroatoms. The van der Waals surface area contributed by atoms with Gasteiger partial charge in [0, 0.05) is 36.7 Å². The van der Waals surface area contributed by atoms with Crippen LogP contribution in [0.5, 0.6) is 5.75 Å². The number of rotatable bonds is 4. The van der Waals surface area contributed by atoms with Gasteiger partial charge in [0.15, 0.2) is 5.78 Å². The summed E-state index contributed by atoms with van der Waals surface area (Å²) in [6.07, 6.45) is 3.43. The fraction of sp³-hybridized carbons (Fsp3) is 0.357. The largest absolute Gasteiger partial charge is 0.511 e. The Balaban J connectivity index is 1.25. The number of benzene rings is 2. The molecule has 186 valence electrons. The van der Waals surface area contributed by atoms with E-state index in [0.717, 1.165) is 41.6 Å². The van der Waals surface area contributed by atoms with Crippen LogP contribution in [-0.2, 0) is 6.42 Å². The predicted octanol–water partition coefficient (Wildman–Crippen LogP) is 5.24. The van der Waals surface area contributed by atoms with Gasteiger partial charge in [-0.1, -0.05) is 24.3 Å². The Kier molecular flexibility index (Phi) is 6.12. The molecule has 8 nitrogen and oxygen atoms in total. The molecule has 0 unspecified atom stereocenters. The highest BCUT2D eigenvalue weighted by atomic mass is 16.7. The van der Waals surface area contributed by atoms with E-state index in [1.807, 2.05) is 47.8 Å². The van der Waals surface area contributed by atoms with Gasteiger partial charge in [0.1, 0.15) is 11.4 Å². The van der Waals surface area contributed by atoms with Gasteiger partial charge in [0.2, 0.25) is 0 Å². The van der Waals surface area contributed by atoms with E-state index in [9.17, 15) is 14.4 Å². The first-order valence-electron chi connectivity index (χ1n) is 12.2.